The molecule has 1 aromatic carbocycles. The van der Waals surface area contributed by atoms with Crippen LogP contribution in [-0.2, 0) is 9.53 Å². The van der Waals surface area contributed by atoms with Gasteiger partial charge in [0.2, 0.25) is 5.91 Å². The molecule has 0 aliphatic carbocycles. The van der Waals surface area contributed by atoms with E-state index in [1.807, 2.05) is 4.90 Å². The summed E-state index contributed by atoms with van der Waals surface area (Å²) >= 11 is 0. The largest absolute Gasteiger partial charge is 0.378 e. The van der Waals surface area contributed by atoms with E-state index < -0.39 is 11.0 Å². The Morgan fingerprint density at radius 3 is 2.63 bits per heavy atom. The molecular weight excluding hydrogens is 352 g/mol. The van der Waals surface area contributed by atoms with Gasteiger partial charge < -0.3 is 19.9 Å². The van der Waals surface area contributed by atoms with Gasteiger partial charge in [-0.2, -0.15) is 0 Å². The number of morpholine rings is 1. The van der Waals surface area contributed by atoms with E-state index in [4.69, 9.17) is 4.74 Å². The van der Waals surface area contributed by atoms with Crippen LogP contribution < -0.4 is 10.2 Å². The number of amides is 2. The van der Waals surface area contributed by atoms with E-state index in [1.54, 1.807) is 17.0 Å². The molecule has 0 aromatic heterocycles. The summed E-state index contributed by atoms with van der Waals surface area (Å²) in [6.07, 6.45) is 2.42. The molecule has 27 heavy (non-hydrogen) atoms. The van der Waals surface area contributed by atoms with Crippen molar-refractivity contribution in [1.29, 1.82) is 0 Å². The van der Waals surface area contributed by atoms with Crippen molar-refractivity contribution >= 4 is 23.2 Å². The first kappa shape index (κ1) is 19.1. The molecule has 9 nitrogen and oxygen atoms in total. The zero-order valence-electron chi connectivity index (χ0n) is 15.3. The monoisotopic (exact) mass is 376 g/mol. The smallest absolute Gasteiger partial charge is 0.293 e. The number of nitrogens with one attached hydrogen (secondary N) is 1. The summed E-state index contributed by atoms with van der Waals surface area (Å²) in [5.41, 5.74) is 0.456. The Bertz CT molecular complexity index is 732. The van der Waals surface area contributed by atoms with E-state index in [0.717, 1.165) is 12.8 Å². The quantitative estimate of drug-likeness (QED) is 0.625. The minimum Gasteiger partial charge on any atom is -0.378 e. The molecule has 0 saturated carbocycles. The first-order valence-corrected chi connectivity index (χ1v) is 9.16. The number of nitro benzene ring substituents is 1. The Kier molecular flexibility index (Phi) is 5.90. The fourth-order valence-corrected chi connectivity index (χ4v) is 3.67. The first-order valence-electron chi connectivity index (χ1n) is 9.16. The van der Waals surface area contributed by atoms with Crippen LogP contribution in [-0.4, -0.2) is 67.6 Å². The van der Waals surface area contributed by atoms with E-state index in [-0.39, 0.29) is 23.1 Å². The fraction of sp³-hybridized carbons (Fsp3) is 0.556. The molecule has 1 atom stereocenters. The predicted octanol–water partition coefficient (Wildman–Crippen LogP) is 1.17. The van der Waals surface area contributed by atoms with Gasteiger partial charge in [0.1, 0.15) is 11.7 Å². The molecule has 2 amide bonds. The summed E-state index contributed by atoms with van der Waals surface area (Å²) in [5, 5.41) is 14.1. The van der Waals surface area contributed by atoms with Crippen molar-refractivity contribution in [2.24, 2.45) is 0 Å². The van der Waals surface area contributed by atoms with Crippen molar-refractivity contribution in [3.63, 3.8) is 0 Å². The van der Waals surface area contributed by atoms with E-state index in [9.17, 15) is 19.7 Å². The standard InChI is InChI=1S/C18H24N4O5/c1-19-17(23)13-5-6-14(16(12-13)22(25)26)21-7-3-2-4-15(21)18(24)20-8-10-27-11-9-20/h5-6,12,15H,2-4,7-11H2,1H3,(H,19,23). The van der Waals surface area contributed by atoms with E-state index in [2.05, 4.69) is 5.32 Å². The number of piperidine rings is 1. The highest BCUT2D eigenvalue weighted by molar-refractivity contribution is 5.96. The van der Waals surface area contributed by atoms with E-state index in [1.165, 1.54) is 13.1 Å². The maximum Gasteiger partial charge on any atom is 0.293 e. The molecule has 2 aliphatic rings. The number of carbonyl (C=O) groups is 2. The average molecular weight is 376 g/mol. The SMILES string of the molecule is CNC(=O)c1ccc(N2CCCCC2C(=O)N2CCOCC2)c([N+](=O)[O-])c1. The lowest BCUT2D eigenvalue weighted by atomic mass is 9.98. The summed E-state index contributed by atoms with van der Waals surface area (Å²) in [4.78, 5) is 39.6. The molecular formula is C18H24N4O5. The number of nitro groups is 1. The Morgan fingerprint density at radius 1 is 1.22 bits per heavy atom. The molecule has 0 bridgehead atoms. The van der Waals surface area contributed by atoms with Crippen molar-refractivity contribution < 1.29 is 19.2 Å². The molecule has 2 fully saturated rings. The number of carbonyl (C=O) groups excluding carboxylic acids is 2. The summed E-state index contributed by atoms with van der Waals surface area (Å²) in [7, 11) is 1.48. The van der Waals surface area contributed by atoms with Gasteiger partial charge in [0.05, 0.1) is 18.1 Å². The van der Waals surface area contributed by atoms with Gasteiger partial charge in [0.15, 0.2) is 0 Å². The summed E-state index contributed by atoms with van der Waals surface area (Å²) < 4.78 is 5.31. The molecule has 0 spiro atoms. The van der Waals surface area contributed by atoms with Crippen molar-refractivity contribution in [3.8, 4) is 0 Å². The number of ether oxygens (including phenoxy) is 1. The Morgan fingerprint density at radius 2 is 1.96 bits per heavy atom. The lowest BCUT2D eigenvalue weighted by molar-refractivity contribution is -0.384. The number of hydrogen-bond donors (Lipinski definition) is 1. The van der Waals surface area contributed by atoms with Crippen LogP contribution in [0.2, 0.25) is 0 Å². The molecule has 1 N–H and O–H groups in total. The Labute approximate surface area is 157 Å². The lowest BCUT2D eigenvalue weighted by Crippen LogP contribution is -2.53. The molecule has 1 unspecified atom stereocenters. The molecule has 146 valence electrons. The maximum absolute atomic E-state index is 13.0. The summed E-state index contributed by atoms with van der Waals surface area (Å²) in [6, 6.07) is 3.99. The predicted molar refractivity (Wildman–Crippen MR) is 98.9 cm³/mol. The van der Waals surface area contributed by atoms with Crippen LogP contribution >= 0.6 is 0 Å². The Hall–Kier alpha value is -2.68. The van der Waals surface area contributed by atoms with Crippen LogP contribution in [0.25, 0.3) is 0 Å². The van der Waals surface area contributed by atoms with Gasteiger partial charge in [-0.05, 0) is 31.4 Å². The highest BCUT2D eigenvalue weighted by Crippen LogP contribution is 2.34. The second-order valence-electron chi connectivity index (χ2n) is 6.68. The fourth-order valence-electron chi connectivity index (χ4n) is 3.67. The lowest BCUT2D eigenvalue weighted by Gasteiger charge is -2.39. The minimum atomic E-state index is -0.493. The second-order valence-corrected chi connectivity index (χ2v) is 6.68. The molecule has 2 heterocycles. The molecule has 1 aromatic rings. The van der Waals surface area contributed by atoms with Crippen molar-refractivity contribution in [3.05, 3.63) is 33.9 Å². The number of anilines is 1. The summed E-state index contributed by atoms with van der Waals surface area (Å²) in [6.45, 7) is 2.68. The molecule has 3 rings (SSSR count). The van der Waals surface area contributed by atoms with Crippen molar-refractivity contribution in [2.75, 3.05) is 44.8 Å². The number of hydrogen-bond acceptors (Lipinski definition) is 6. The van der Waals surface area contributed by atoms with Crippen LogP contribution in [0.5, 0.6) is 0 Å². The van der Waals surface area contributed by atoms with Gasteiger partial charge >= 0.3 is 0 Å². The van der Waals surface area contributed by atoms with Crippen LogP contribution in [0.15, 0.2) is 18.2 Å². The summed E-state index contributed by atoms with van der Waals surface area (Å²) in [5.74, 6) is -0.396. The third-order valence-electron chi connectivity index (χ3n) is 5.08. The zero-order valence-corrected chi connectivity index (χ0v) is 15.3. The minimum absolute atomic E-state index is 0.0114. The highest BCUT2D eigenvalue weighted by Gasteiger charge is 2.35. The molecule has 2 aliphatic heterocycles. The molecule has 9 heteroatoms. The van der Waals surface area contributed by atoms with Crippen LogP contribution in [0.4, 0.5) is 11.4 Å². The van der Waals surface area contributed by atoms with Crippen LogP contribution in [0.1, 0.15) is 29.6 Å². The van der Waals surface area contributed by atoms with Gasteiger partial charge in [-0.25, -0.2) is 0 Å². The third kappa shape index (κ3) is 4.02. The average Bonchev–Trinajstić information content (AvgIpc) is 2.72. The normalized spacial score (nSPS) is 20.3. The number of benzene rings is 1. The van der Waals surface area contributed by atoms with Crippen molar-refractivity contribution in [1.82, 2.24) is 10.2 Å². The molecule has 2 saturated heterocycles. The highest BCUT2D eigenvalue weighted by atomic mass is 16.6. The first-order chi connectivity index (χ1) is 13.0. The molecule has 0 radical (unpaired) electrons. The third-order valence-corrected chi connectivity index (χ3v) is 5.08. The van der Waals surface area contributed by atoms with Crippen LogP contribution in [0.3, 0.4) is 0 Å². The van der Waals surface area contributed by atoms with Gasteiger partial charge in [0, 0.05) is 38.3 Å². The Balaban J connectivity index is 1.92. The van der Waals surface area contributed by atoms with Crippen molar-refractivity contribution in [2.45, 2.75) is 25.3 Å². The van der Waals surface area contributed by atoms with Gasteiger partial charge in [-0.3, -0.25) is 19.7 Å². The van der Waals surface area contributed by atoms with E-state index in [0.29, 0.717) is 45.0 Å². The van der Waals surface area contributed by atoms with E-state index >= 15 is 0 Å². The zero-order chi connectivity index (χ0) is 19.4. The number of rotatable bonds is 4. The van der Waals surface area contributed by atoms with Gasteiger partial charge in [-0.15, -0.1) is 0 Å². The number of nitrogens with zero attached hydrogens (tertiary/aromatic N) is 3. The second kappa shape index (κ2) is 8.34. The topological polar surface area (TPSA) is 105 Å². The van der Waals surface area contributed by atoms with Crippen LogP contribution in [0, 0.1) is 10.1 Å². The van der Waals surface area contributed by atoms with Gasteiger partial charge in [0.25, 0.3) is 11.6 Å². The van der Waals surface area contributed by atoms with Gasteiger partial charge in [-0.1, -0.05) is 0 Å². The maximum atomic E-state index is 13.0.